The highest BCUT2D eigenvalue weighted by Crippen LogP contribution is 2.39. The second-order valence-electron chi connectivity index (χ2n) is 9.11. The monoisotopic (exact) mass is 537 g/mol. The van der Waals surface area contributed by atoms with Gasteiger partial charge in [-0.15, -0.1) is 0 Å². The summed E-state index contributed by atoms with van der Waals surface area (Å²) in [6.45, 7) is 3.02. The van der Waals surface area contributed by atoms with Crippen molar-refractivity contribution in [2.24, 2.45) is 0 Å². The van der Waals surface area contributed by atoms with E-state index in [9.17, 15) is 14.7 Å². The molecule has 11 heteroatoms. The summed E-state index contributed by atoms with van der Waals surface area (Å²) in [4.78, 5) is 31.4. The van der Waals surface area contributed by atoms with Crippen LogP contribution in [-0.2, 0) is 16.9 Å². The van der Waals surface area contributed by atoms with E-state index < -0.39 is 11.6 Å². The number of hydrogen-bond acceptors (Lipinski definition) is 6. The molecule has 9 nitrogen and oxygen atoms in total. The summed E-state index contributed by atoms with van der Waals surface area (Å²) < 4.78 is 1.33. The van der Waals surface area contributed by atoms with Crippen LogP contribution in [0, 0.1) is 0 Å². The number of halogens is 2. The Labute approximate surface area is 220 Å². The van der Waals surface area contributed by atoms with E-state index >= 15 is 0 Å². The Kier molecular flexibility index (Phi) is 6.15. The van der Waals surface area contributed by atoms with E-state index in [4.69, 9.17) is 33.3 Å². The Morgan fingerprint density at radius 2 is 1.84 bits per heavy atom. The summed E-state index contributed by atoms with van der Waals surface area (Å²) in [7, 11) is 0. The average Bonchev–Trinajstić information content (AvgIpc) is 3.28. The Morgan fingerprint density at radius 3 is 2.51 bits per heavy atom. The molecule has 5 aromatic rings. The molecule has 2 aromatic carbocycles. The highest BCUT2D eigenvalue weighted by atomic mass is 35.5. The first kappa shape index (κ1) is 24.8. The second kappa shape index (κ2) is 9.19. The summed E-state index contributed by atoms with van der Waals surface area (Å²) >= 11 is 13.0. The molecule has 0 saturated heterocycles. The topological polar surface area (TPSA) is 133 Å². The molecule has 0 bridgehead atoms. The third kappa shape index (κ3) is 4.76. The number of hydrogen-bond donors (Lipinski definition) is 4. The molecule has 0 aliphatic rings. The first-order valence-electron chi connectivity index (χ1n) is 11.2. The molecule has 188 valence electrons. The molecule has 0 saturated carbocycles. The first-order chi connectivity index (χ1) is 17.5. The zero-order chi connectivity index (χ0) is 26.5. The molecular weight excluding hydrogens is 517 g/mol. The highest BCUT2D eigenvalue weighted by Gasteiger charge is 2.21. The number of aromatic amines is 1. The number of rotatable bonds is 6. The van der Waals surface area contributed by atoms with Crippen molar-refractivity contribution in [1.82, 2.24) is 19.7 Å². The molecule has 0 aliphatic heterocycles. The van der Waals surface area contributed by atoms with Crippen molar-refractivity contribution in [2.45, 2.75) is 26.0 Å². The molecule has 0 radical (unpaired) electrons. The number of benzene rings is 2. The van der Waals surface area contributed by atoms with Crippen LogP contribution in [0.3, 0.4) is 0 Å². The lowest BCUT2D eigenvalue weighted by Gasteiger charge is -2.20. The van der Waals surface area contributed by atoms with E-state index in [0.29, 0.717) is 54.4 Å². The Balaban J connectivity index is 1.64. The predicted octanol–water partition coefficient (Wildman–Crippen LogP) is 5.30. The number of carboxylic acids is 1. The summed E-state index contributed by atoms with van der Waals surface area (Å²) in [6, 6.07) is 10.4. The number of pyridine rings is 2. The number of nitrogens with zero attached hydrogens (tertiary/aromatic N) is 3. The quantitative estimate of drug-likeness (QED) is 0.216. The van der Waals surface area contributed by atoms with Gasteiger partial charge in [0.15, 0.2) is 0 Å². The molecule has 0 amide bonds. The maximum Gasteiger partial charge on any atom is 0.325 e. The molecule has 0 unspecified atom stereocenters. The van der Waals surface area contributed by atoms with Crippen LogP contribution < -0.4 is 10.9 Å². The summed E-state index contributed by atoms with van der Waals surface area (Å²) in [5, 5.41) is 28.8. The van der Waals surface area contributed by atoms with Crippen LogP contribution in [0.15, 0.2) is 59.8 Å². The zero-order valence-corrected chi connectivity index (χ0v) is 21.2. The first-order valence-corrected chi connectivity index (χ1v) is 12.0. The van der Waals surface area contributed by atoms with Crippen molar-refractivity contribution in [2.75, 3.05) is 5.32 Å². The molecule has 0 aliphatic carbocycles. The van der Waals surface area contributed by atoms with Gasteiger partial charge in [0.1, 0.15) is 12.4 Å². The van der Waals surface area contributed by atoms with E-state index in [0.717, 1.165) is 5.56 Å². The van der Waals surface area contributed by atoms with Gasteiger partial charge in [0, 0.05) is 28.7 Å². The molecule has 4 N–H and O–H groups in total. The van der Waals surface area contributed by atoms with E-state index in [-0.39, 0.29) is 12.1 Å². The maximum atomic E-state index is 13.0. The van der Waals surface area contributed by atoms with Gasteiger partial charge in [-0.3, -0.25) is 14.3 Å². The van der Waals surface area contributed by atoms with E-state index in [2.05, 4.69) is 15.4 Å². The Morgan fingerprint density at radius 1 is 1.11 bits per heavy atom. The van der Waals surface area contributed by atoms with Crippen LogP contribution in [0.5, 0.6) is 0 Å². The minimum absolute atomic E-state index is 0.255. The number of aromatic nitrogens is 4. The van der Waals surface area contributed by atoms with Crippen LogP contribution >= 0.6 is 23.2 Å². The molecule has 0 spiro atoms. The molecule has 0 fully saturated rings. The Hall–Kier alpha value is -3.92. The van der Waals surface area contributed by atoms with Crippen molar-refractivity contribution >= 4 is 62.4 Å². The van der Waals surface area contributed by atoms with E-state index in [1.807, 2.05) is 12.1 Å². The van der Waals surface area contributed by atoms with Gasteiger partial charge in [-0.25, -0.2) is 4.98 Å². The largest absolute Gasteiger partial charge is 0.480 e. The number of H-pyrrole nitrogens is 1. The van der Waals surface area contributed by atoms with Gasteiger partial charge in [0.25, 0.3) is 5.56 Å². The van der Waals surface area contributed by atoms with Crippen molar-refractivity contribution < 1.29 is 15.0 Å². The smallest absolute Gasteiger partial charge is 0.325 e. The fraction of sp³-hybridized carbons (Fsp3) is 0.154. The fourth-order valence-corrected chi connectivity index (χ4v) is 4.72. The molecule has 3 heterocycles. The second-order valence-corrected chi connectivity index (χ2v) is 9.92. The lowest BCUT2D eigenvalue weighted by molar-refractivity contribution is -0.137. The van der Waals surface area contributed by atoms with E-state index in [1.54, 1.807) is 50.5 Å². The van der Waals surface area contributed by atoms with Crippen LogP contribution in [0.2, 0.25) is 10.0 Å². The predicted molar refractivity (Wildman–Crippen MR) is 144 cm³/mol. The van der Waals surface area contributed by atoms with Crippen LogP contribution in [-0.4, -0.2) is 35.9 Å². The van der Waals surface area contributed by atoms with Crippen molar-refractivity contribution in [3.05, 3.63) is 81.0 Å². The summed E-state index contributed by atoms with van der Waals surface area (Å²) in [6.07, 6.45) is 4.73. The number of nitrogens with one attached hydrogen (secondary N) is 2. The lowest BCUT2D eigenvalue weighted by atomic mass is 9.98. The van der Waals surface area contributed by atoms with Crippen LogP contribution in [0.4, 0.5) is 11.5 Å². The normalized spacial score (nSPS) is 11.8. The minimum atomic E-state index is -1.13. The van der Waals surface area contributed by atoms with Gasteiger partial charge in [-0.05, 0) is 55.3 Å². The van der Waals surface area contributed by atoms with Gasteiger partial charge in [-0.1, -0.05) is 29.3 Å². The SMILES string of the molecule is CC(C)(O)c1cc(Cl)c(Nc2nc3ccc(-c4cnn(CC(=O)O)c4)cc3c3c(=O)[nH]ccc23)c(Cl)c1. The third-order valence-corrected chi connectivity index (χ3v) is 6.57. The Bertz CT molecular complexity index is 1730. The van der Waals surface area contributed by atoms with Gasteiger partial charge >= 0.3 is 5.97 Å². The minimum Gasteiger partial charge on any atom is -0.480 e. The maximum absolute atomic E-state index is 13.0. The molecular formula is C26H21Cl2N5O4. The number of fused-ring (bicyclic) bond motifs is 3. The van der Waals surface area contributed by atoms with Crippen molar-refractivity contribution in [1.29, 1.82) is 0 Å². The molecule has 3 aromatic heterocycles. The van der Waals surface area contributed by atoms with Crippen molar-refractivity contribution in [3.8, 4) is 11.1 Å². The molecule has 0 atom stereocenters. The van der Waals surface area contributed by atoms with Gasteiger partial charge in [0.05, 0.1) is 38.4 Å². The number of anilines is 2. The number of carbonyl (C=O) groups is 1. The van der Waals surface area contributed by atoms with E-state index in [1.165, 1.54) is 10.9 Å². The average molecular weight is 538 g/mol. The molecule has 37 heavy (non-hydrogen) atoms. The summed E-state index contributed by atoms with van der Waals surface area (Å²) in [5.41, 5.74) is 1.53. The lowest BCUT2D eigenvalue weighted by Crippen LogP contribution is -2.15. The number of carboxylic acid groups (broad SMARTS) is 1. The standard InChI is InChI=1S/C26H21Cl2N5O4/c1-26(2,37)15-8-18(27)23(19(28)9-15)32-24-16-5-6-29-25(36)22(16)17-7-13(3-4-20(17)31-24)14-10-30-33(11-14)12-21(34)35/h3-11,37H,12H2,1-2H3,(H,29,36)(H,31,32)(H,34,35). The summed E-state index contributed by atoms with van der Waals surface area (Å²) in [5.74, 6) is -0.611. The zero-order valence-electron chi connectivity index (χ0n) is 19.7. The van der Waals surface area contributed by atoms with Crippen LogP contribution in [0.1, 0.15) is 19.4 Å². The van der Waals surface area contributed by atoms with Gasteiger partial charge in [-0.2, -0.15) is 5.10 Å². The van der Waals surface area contributed by atoms with Crippen molar-refractivity contribution in [3.63, 3.8) is 0 Å². The number of aliphatic carboxylic acids is 1. The van der Waals surface area contributed by atoms with Gasteiger partial charge < -0.3 is 20.5 Å². The third-order valence-electron chi connectivity index (χ3n) is 5.97. The number of aliphatic hydroxyl groups is 1. The highest BCUT2D eigenvalue weighted by molar-refractivity contribution is 6.39. The van der Waals surface area contributed by atoms with Crippen LogP contribution in [0.25, 0.3) is 32.8 Å². The van der Waals surface area contributed by atoms with Gasteiger partial charge in [0.2, 0.25) is 0 Å². The molecule has 5 rings (SSSR count). The fourth-order valence-electron chi connectivity index (χ4n) is 4.13.